The molecule has 0 saturated heterocycles. The van der Waals surface area contributed by atoms with Crippen molar-refractivity contribution >= 4 is 35.1 Å². The minimum atomic E-state index is 0.150. The number of nitrogens with zero attached hydrogens (tertiary/aromatic N) is 2. The van der Waals surface area contributed by atoms with Gasteiger partial charge < -0.3 is 5.73 Å². The Balaban J connectivity index is 2.31. The molecule has 0 radical (unpaired) electrons. The summed E-state index contributed by atoms with van der Waals surface area (Å²) < 4.78 is 4.28. The van der Waals surface area contributed by atoms with Crippen molar-refractivity contribution in [3.63, 3.8) is 0 Å². The highest BCUT2D eigenvalue weighted by molar-refractivity contribution is 7.80. The monoisotopic (exact) mass is 276 g/mol. The van der Waals surface area contributed by atoms with Crippen molar-refractivity contribution in [2.45, 2.75) is 6.92 Å². The van der Waals surface area contributed by atoms with E-state index in [1.165, 1.54) is 11.5 Å². The molecule has 18 heavy (non-hydrogen) atoms. The summed E-state index contributed by atoms with van der Waals surface area (Å²) >= 11 is 6.16. The lowest BCUT2D eigenvalue weighted by molar-refractivity contribution is 1.04. The quantitative estimate of drug-likeness (QED) is 0.513. The average molecular weight is 276 g/mol. The van der Waals surface area contributed by atoms with Gasteiger partial charge in [0.25, 0.3) is 0 Å². The SMILES string of the molecule is Cc1cc(-c2ccccc2C=NNC(N)=S)sn1. The first-order valence-corrected chi connectivity index (χ1v) is 6.46. The number of hydrogen-bond donors (Lipinski definition) is 2. The molecular weight excluding hydrogens is 264 g/mol. The molecule has 0 aliphatic rings. The molecule has 0 bridgehead atoms. The fourth-order valence-electron chi connectivity index (χ4n) is 1.49. The topological polar surface area (TPSA) is 63.3 Å². The van der Waals surface area contributed by atoms with Gasteiger partial charge >= 0.3 is 0 Å². The molecule has 1 heterocycles. The lowest BCUT2D eigenvalue weighted by Gasteiger charge is -2.02. The number of nitrogens with two attached hydrogens (primary N) is 1. The number of thiocarbonyl (C=S) groups is 1. The molecule has 2 rings (SSSR count). The van der Waals surface area contributed by atoms with Crippen molar-refractivity contribution in [2.75, 3.05) is 0 Å². The average Bonchev–Trinajstić information content (AvgIpc) is 2.76. The van der Waals surface area contributed by atoms with Gasteiger partial charge in [0, 0.05) is 11.1 Å². The fourth-order valence-corrected chi connectivity index (χ4v) is 2.35. The number of aryl methyl sites for hydroxylation is 1. The van der Waals surface area contributed by atoms with Crippen LogP contribution in [0.4, 0.5) is 0 Å². The van der Waals surface area contributed by atoms with Crippen LogP contribution in [-0.2, 0) is 0 Å². The third-order valence-corrected chi connectivity index (χ3v) is 3.24. The van der Waals surface area contributed by atoms with E-state index in [1.807, 2.05) is 31.2 Å². The minimum absolute atomic E-state index is 0.150. The second-order valence-corrected chi connectivity index (χ2v) is 4.90. The maximum absolute atomic E-state index is 5.31. The van der Waals surface area contributed by atoms with E-state index in [1.54, 1.807) is 6.21 Å². The van der Waals surface area contributed by atoms with Crippen molar-refractivity contribution in [3.05, 3.63) is 41.6 Å². The number of hydrazone groups is 1. The molecule has 4 nitrogen and oxygen atoms in total. The number of rotatable bonds is 3. The molecule has 1 aromatic carbocycles. The molecule has 1 aromatic heterocycles. The zero-order valence-corrected chi connectivity index (χ0v) is 11.4. The second-order valence-electron chi connectivity index (χ2n) is 3.65. The lowest BCUT2D eigenvalue weighted by atomic mass is 10.1. The van der Waals surface area contributed by atoms with E-state index < -0.39 is 0 Å². The normalized spacial score (nSPS) is 10.7. The Morgan fingerprint density at radius 2 is 2.28 bits per heavy atom. The zero-order valence-electron chi connectivity index (χ0n) is 9.75. The van der Waals surface area contributed by atoms with Crippen molar-refractivity contribution in [3.8, 4) is 10.4 Å². The molecule has 0 unspecified atom stereocenters. The van der Waals surface area contributed by atoms with Gasteiger partial charge in [-0.3, -0.25) is 5.43 Å². The first kappa shape index (κ1) is 12.7. The van der Waals surface area contributed by atoms with Crippen LogP contribution in [0.1, 0.15) is 11.3 Å². The van der Waals surface area contributed by atoms with Crippen LogP contribution in [0, 0.1) is 6.92 Å². The highest BCUT2D eigenvalue weighted by Crippen LogP contribution is 2.26. The summed E-state index contributed by atoms with van der Waals surface area (Å²) in [6, 6.07) is 10.0. The summed E-state index contributed by atoms with van der Waals surface area (Å²) in [5.74, 6) is 0. The number of benzene rings is 1. The predicted molar refractivity (Wildman–Crippen MR) is 79.8 cm³/mol. The summed E-state index contributed by atoms with van der Waals surface area (Å²) in [4.78, 5) is 1.12. The summed E-state index contributed by atoms with van der Waals surface area (Å²) in [5, 5.41) is 4.13. The van der Waals surface area contributed by atoms with Crippen LogP contribution in [0.15, 0.2) is 35.4 Å². The van der Waals surface area contributed by atoms with Crippen LogP contribution in [0.3, 0.4) is 0 Å². The van der Waals surface area contributed by atoms with E-state index in [0.29, 0.717) is 0 Å². The Bertz CT molecular complexity index is 589. The largest absolute Gasteiger partial charge is 0.375 e. The van der Waals surface area contributed by atoms with Crippen LogP contribution >= 0.6 is 23.8 Å². The summed E-state index contributed by atoms with van der Waals surface area (Å²) in [6.07, 6.45) is 1.70. The highest BCUT2D eigenvalue weighted by atomic mass is 32.1. The van der Waals surface area contributed by atoms with Crippen molar-refractivity contribution in [2.24, 2.45) is 10.8 Å². The Kier molecular flexibility index (Phi) is 4.01. The molecule has 0 atom stereocenters. The molecule has 0 aliphatic carbocycles. The standard InChI is InChI=1S/C12H12N4S2/c1-8-6-11(18-16-8)10-5-3-2-4-9(10)7-14-15-12(13)17/h2-7H,1H3,(H3,13,15,17). The van der Waals surface area contributed by atoms with Crippen molar-refractivity contribution in [1.82, 2.24) is 9.80 Å². The lowest BCUT2D eigenvalue weighted by Crippen LogP contribution is -2.24. The van der Waals surface area contributed by atoms with Crippen molar-refractivity contribution < 1.29 is 0 Å². The first-order chi connectivity index (χ1) is 8.66. The van der Waals surface area contributed by atoms with Crippen LogP contribution in [0.5, 0.6) is 0 Å². The maximum atomic E-state index is 5.31. The van der Waals surface area contributed by atoms with Crippen LogP contribution < -0.4 is 11.2 Å². The Morgan fingerprint density at radius 3 is 2.94 bits per heavy atom. The Morgan fingerprint density at radius 1 is 1.50 bits per heavy atom. The summed E-state index contributed by atoms with van der Waals surface area (Å²) in [6.45, 7) is 1.98. The van der Waals surface area contributed by atoms with E-state index in [2.05, 4.69) is 33.2 Å². The molecular formula is C12H12N4S2. The van der Waals surface area contributed by atoms with Crippen LogP contribution in [0.2, 0.25) is 0 Å². The number of aromatic nitrogens is 1. The van der Waals surface area contributed by atoms with Gasteiger partial charge in [0.1, 0.15) is 0 Å². The Hall–Kier alpha value is -1.79. The van der Waals surface area contributed by atoms with Gasteiger partial charge in [-0.05, 0) is 36.7 Å². The molecule has 0 aliphatic heterocycles. The maximum Gasteiger partial charge on any atom is 0.184 e. The van der Waals surface area contributed by atoms with E-state index in [4.69, 9.17) is 5.73 Å². The van der Waals surface area contributed by atoms with Gasteiger partial charge in [0.15, 0.2) is 5.11 Å². The number of hydrogen-bond acceptors (Lipinski definition) is 4. The van der Waals surface area contributed by atoms with Gasteiger partial charge in [0.2, 0.25) is 0 Å². The van der Waals surface area contributed by atoms with Gasteiger partial charge in [-0.25, -0.2) is 0 Å². The predicted octanol–water partition coefficient (Wildman–Crippen LogP) is 2.29. The smallest absolute Gasteiger partial charge is 0.184 e. The second kappa shape index (κ2) is 5.70. The molecule has 0 fully saturated rings. The van der Waals surface area contributed by atoms with Crippen LogP contribution in [-0.4, -0.2) is 15.7 Å². The highest BCUT2D eigenvalue weighted by Gasteiger charge is 2.05. The molecule has 0 saturated carbocycles. The summed E-state index contributed by atoms with van der Waals surface area (Å²) in [7, 11) is 0. The molecule has 2 aromatic rings. The van der Waals surface area contributed by atoms with Gasteiger partial charge in [-0.15, -0.1) is 0 Å². The summed E-state index contributed by atoms with van der Waals surface area (Å²) in [5.41, 5.74) is 11.0. The van der Waals surface area contributed by atoms with Gasteiger partial charge in [0.05, 0.1) is 16.8 Å². The van der Waals surface area contributed by atoms with Gasteiger partial charge in [-0.1, -0.05) is 24.3 Å². The van der Waals surface area contributed by atoms with Gasteiger partial charge in [-0.2, -0.15) is 9.47 Å². The first-order valence-electron chi connectivity index (χ1n) is 5.28. The third kappa shape index (κ3) is 3.12. The molecule has 3 N–H and O–H groups in total. The zero-order chi connectivity index (χ0) is 13.0. The van der Waals surface area contributed by atoms with E-state index >= 15 is 0 Å². The van der Waals surface area contributed by atoms with E-state index in [0.717, 1.165) is 21.7 Å². The number of nitrogens with one attached hydrogen (secondary N) is 1. The Labute approximate surface area is 115 Å². The molecule has 0 amide bonds. The molecule has 0 spiro atoms. The molecule has 6 heteroatoms. The molecule has 92 valence electrons. The minimum Gasteiger partial charge on any atom is -0.375 e. The van der Waals surface area contributed by atoms with E-state index in [9.17, 15) is 0 Å². The fraction of sp³-hybridized carbons (Fsp3) is 0.0833. The van der Waals surface area contributed by atoms with Crippen molar-refractivity contribution in [1.29, 1.82) is 0 Å². The van der Waals surface area contributed by atoms with Crippen LogP contribution in [0.25, 0.3) is 10.4 Å². The van der Waals surface area contributed by atoms with E-state index in [-0.39, 0.29) is 5.11 Å². The third-order valence-electron chi connectivity index (χ3n) is 2.23.